The summed E-state index contributed by atoms with van der Waals surface area (Å²) >= 11 is 3.35. The number of carbonyl (C=O) groups excluding carboxylic acids is 1. The smallest absolute Gasteiger partial charge is 0.335 e. The summed E-state index contributed by atoms with van der Waals surface area (Å²) in [5, 5.41) is 21.5. The summed E-state index contributed by atoms with van der Waals surface area (Å²) in [6.45, 7) is 0.0617. The standard InChI is InChI=1S/C21H16BrN3O4/c22-16-5-8-19(26)15(10-16)11-23-18-2-1-9-25(12-18)13-20(27)24-17-6-3-14(4-7-17)21(28)29/h1-12H,13H2,(H2-,23,24,26,27,28,29)/p+1. The number of carboxylic acids is 1. The van der Waals surface area contributed by atoms with Crippen LogP contribution in [0.15, 0.2) is 76.5 Å². The topological polar surface area (TPSA) is 103 Å². The first-order valence-electron chi connectivity index (χ1n) is 8.55. The van der Waals surface area contributed by atoms with E-state index < -0.39 is 5.97 Å². The summed E-state index contributed by atoms with van der Waals surface area (Å²) in [5.41, 5.74) is 1.85. The van der Waals surface area contributed by atoms with Gasteiger partial charge in [0, 0.05) is 28.0 Å². The number of aromatic nitrogens is 1. The van der Waals surface area contributed by atoms with E-state index in [0.29, 0.717) is 16.9 Å². The number of aliphatic imine (C=N–C) groups is 1. The van der Waals surface area contributed by atoms with Crippen LogP contribution in [0.2, 0.25) is 0 Å². The van der Waals surface area contributed by atoms with E-state index in [1.807, 2.05) is 0 Å². The van der Waals surface area contributed by atoms with E-state index in [1.54, 1.807) is 53.5 Å². The van der Waals surface area contributed by atoms with Gasteiger partial charge in [-0.3, -0.25) is 4.79 Å². The number of amides is 1. The number of phenolic OH excluding ortho intramolecular Hbond substituents is 1. The first-order valence-corrected chi connectivity index (χ1v) is 9.35. The van der Waals surface area contributed by atoms with Gasteiger partial charge in [-0.15, -0.1) is 0 Å². The average Bonchev–Trinajstić information content (AvgIpc) is 2.69. The molecule has 1 amide bonds. The van der Waals surface area contributed by atoms with Gasteiger partial charge in [0.2, 0.25) is 6.54 Å². The Bertz CT molecular complexity index is 1080. The summed E-state index contributed by atoms with van der Waals surface area (Å²) < 4.78 is 2.50. The molecule has 2 aromatic carbocycles. The van der Waals surface area contributed by atoms with Crippen LogP contribution in [0.4, 0.5) is 11.4 Å². The lowest BCUT2D eigenvalue weighted by Crippen LogP contribution is -2.39. The lowest BCUT2D eigenvalue weighted by molar-refractivity contribution is -0.683. The number of halogens is 1. The molecule has 0 atom stereocenters. The van der Waals surface area contributed by atoms with Gasteiger partial charge < -0.3 is 15.5 Å². The van der Waals surface area contributed by atoms with Crippen LogP contribution >= 0.6 is 15.9 Å². The molecular formula is C21H17BrN3O4+. The Balaban J connectivity index is 1.66. The number of rotatable bonds is 6. The van der Waals surface area contributed by atoms with E-state index in [-0.39, 0.29) is 23.8 Å². The molecular weight excluding hydrogens is 438 g/mol. The molecule has 0 radical (unpaired) electrons. The van der Waals surface area contributed by atoms with Gasteiger partial charge in [0.15, 0.2) is 12.4 Å². The van der Waals surface area contributed by atoms with Crippen molar-refractivity contribution in [1.82, 2.24) is 0 Å². The molecule has 3 rings (SSSR count). The van der Waals surface area contributed by atoms with Crippen LogP contribution in [-0.2, 0) is 11.3 Å². The van der Waals surface area contributed by atoms with Crippen molar-refractivity contribution in [1.29, 1.82) is 0 Å². The van der Waals surface area contributed by atoms with Crippen molar-refractivity contribution in [2.75, 3.05) is 5.32 Å². The summed E-state index contributed by atoms with van der Waals surface area (Å²) in [5.74, 6) is -1.16. The highest BCUT2D eigenvalue weighted by Crippen LogP contribution is 2.21. The first-order chi connectivity index (χ1) is 13.9. The second-order valence-corrected chi connectivity index (χ2v) is 7.04. The monoisotopic (exact) mass is 454 g/mol. The molecule has 1 aromatic heterocycles. The Hall–Kier alpha value is -3.52. The third-order valence-electron chi connectivity index (χ3n) is 3.93. The lowest BCUT2D eigenvalue weighted by Gasteiger charge is -2.04. The third kappa shape index (κ3) is 5.73. The van der Waals surface area contributed by atoms with E-state index in [1.165, 1.54) is 24.3 Å². The number of benzene rings is 2. The Labute approximate surface area is 175 Å². The van der Waals surface area contributed by atoms with Crippen molar-refractivity contribution in [3.05, 3.63) is 82.6 Å². The number of nitrogens with zero attached hydrogens (tertiary/aromatic N) is 2. The number of pyridine rings is 1. The summed E-state index contributed by atoms with van der Waals surface area (Å²) in [7, 11) is 0. The molecule has 7 nitrogen and oxygen atoms in total. The second kappa shape index (κ2) is 9.11. The van der Waals surface area contributed by atoms with Crippen LogP contribution in [0.25, 0.3) is 0 Å². The van der Waals surface area contributed by atoms with Crippen molar-refractivity contribution in [2.24, 2.45) is 4.99 Å². The van der Waals surface area contributed by atoms with Crippen molar-refractivity contribution < 1.29 is 24.4 Å². The van der Waals surface area contributed by atoms with Crippen molar-refractivity contribution in [3.63, 3.8) is 0 Å². The Morgan fingerprint density at radius 1 is 1.14 bits per heavy atom. The Morgan fingerprint density at radius 2 is 1.90 bits per heavy atom. The fraction of sp³-hybridized carbons (Fsp3) is 0.0476. The van der Waals surface area contributed by atoms with Gasteiger partial charge in [-0.25, -0.2) is 9.79 Å². The fourth-order valence-electron chi connectivity index (χ4n) is 2.52. The van der Waals surface area contributed by atoms with Crippen LogP contribution in [0.5, 0.6) is 5.75 Å². The lowest BCUT2D eigenvalue weighted by atomic mass is 10.2. The van der Waals surface area contributed by atoms with Crippen LogP contribution in [0, 0.1) is 0 Å². The van der Waals surface area contributed by atoms with Gasteiger partial charge in [0.05, 0.1) is 5.56 Å². The SMILES string of the molecule is O=C(C[n+]1cccc(N=Cc2cc(Br)ccc2O)c1)Nc1ccc(C(=O)O)cc1. The number of nitrogens with one attached hydrogen (secondary N) is 1. The number of carbonyl (C=O) groups is 2. The van der Waals surface area contributed by atoms with Crippen molar-refractivity contribution in [2.45, 2.75) is 6.54 Å². The van der Waals surface area contributed by atoms with E-state index in [9.17, 15) is 14.7 Å². The fourth-order valence-corrected chi connectivity index (χ4v) is 2.90. The number of anilines is 1. The number of hydrogen-bond donors (Lipinski definition) is 3. The summed E-state index contributed by atoms with van der Waals surface area (Å²) in [4.78, 5) is 27.5. The van der Waals surface area contributed by atoms with E-state index in [2.05, 4.69) is 26.2 Å². The van der Waals surface area contributed by atoms with Crippen LogP contribution < -0.4 is 9.88 Å². The molecule has 0 aliphatic heterocycles. The predicted molar refractivity (Wildman–Crippen MR) is 112 cm³/mol. The maximum absolute atomic E-state index is 12.2. The zero-order valence-corrected chi connectivity index (χ0v) is 16.7. The van der Waals surface area contributed by atoms with Crippen molar-refractivity contribution >= 4 is 45.4 Å². The minimum atomic E-state index is -1.02. The Kier molecular flexibility index (Phi) is 6.36. The van der Waals surface area contributed by atoms with Gasteiger partial charge in [-0.1, -0.05) is 15.9 Å². The minimum Gasteiger partial charge on any atom is -0.507 e. The molecule has 0 fully saturated rings. The van der Waals surface area contributed by atoms with Gasteiger partial charge in [-0.05, 0) is 48.5 Å². The van der Waals surface area contributed by atoms with Crippen LogP contribution in [-0.4, -0.2) is 28.3 Å². The van der Waals surface area contributed by atoms with Gasteiger partial charge >= 0.3 is 5.97 Å². The highest BCUT2D eigenvalue weighted by Gasteiger charge is 2.11. The average molecular weight is 455 g/mol. The molecule has 0 bridgehead atoms. The van der Waals surface area contributed by atoms with Gasteiger partial charge in [0.1, 0.15) is 11.4 Å². The molecule has 0 unspecified atom stereocenters. The third-order valence-corrected chi connectivity index (χ3v) is 4.42. The Morgan fingerprint density at radius 3 is 2.62 bits per heavy atom. The minimum absolute atomic E-state index is 0.0617. The zero-order valence-electron chi connectivity index (χ0n) is 15.1. The molecule has 146 valence electrons. The zero-order chi connectivity index (χ0) is 20.8. The molecule has 3 aromatic rings. The molecule has 0 aliphatic rings. The molecule has 3 N–H and O–H groups in total. The molecule has 8 heteroatoms. The predicted octanol–water partition coefficient (Wildman–Crippen LogP) is 3.53. The highest BCUT2D eigenvalue weighted by molar-refractivity contribution is 9.10. The summed E-state index contributed by atoms with van der Waals surface area (Å²) in [6, 6.07) is 14.5. The molecule has 0 spiro atoms. The van der Waals surface area contributed by atoms with Gasteiger partial charge in [0.25, 0.3) is 5.91 Å². The van der Waals surface area contributed by atoms with Crippen LogP contribution in [0.3, 0.4) is 0 Å². The maximum Gasteiger partial charge on any atom is 0.335 e. The number of carboxylic acid groups (broad SMARTS) is 1. The normalized spacial score (nSPS) is 10.8. The highest BCUT2D eigenvalue weighted by atomic mass is 79.9. The largest absolute Gasteiger partial charge is 0.507 e. The van der Waals surface area contributed by atoms with E-state index >= 15 is 0 Å². The first kappa shape index (κ1) is 20.2. The molecule has 0 aliphatic carbocycles. The van der Waals surface area contributed by atoms with E-state index in [4.69, 9.17) is 5.11 Å². The maximum atomic E-state index is 12.2. The number of aromatic carboxylic acids is 1. The quantitative estimate of drug-likeness (QED) is 0.391. The number of phenols is 1. The molecule has 1 heterocycles. The van der Waals surface area contributed by atoms with Gasteiger partial charge in [-0.2, -0.15) is 4.57 Å². The van der Waals surface area contributed by atoms with E-state index in [0.717, 1.165) is 4.47 Å². The summed E-state index contributed by atoms with van der Waals surface area (Å²) in [6.07, 6.45) is 4.99. The second-order valence-electron chi connectivity index (χ2n) is 6.13. The number of aromatic hydroxyl groups is 1. The van der Waals surface area contributed by atoms with Crippen LogP contribution in [0.1, 0.15) is 15.9 Å². The molecule has 0 saturated heterocycles. The molecule has 29 heavy (non-hydrogen) atoms. The van der Waals surface area contributed by atoms with Crippen molar-refractivity contribution in [3.8, 4) is 5.75 Å². The number of hydrogen-bond acceptors (Lipinski definition) is 4. The molecule has 0 saturated carbocycles.